The van der Waals surface area contributed by atoms with Crippen LogP contribution in [0.3, 0.4) is 0 Å². The standard InChI is InChI=1S/C20H25F2N5/c21-17-2-1-16(13-18(17)22)27-11-6-15(7-12-27)26-9-4-14(5-10-26)19-3-8-24-20(23)25-19/h1-3,8,13-15H,4-7,9-12H2,(H2,23,24,25). The van der Waals surface area contributed by atoms with Crippen LogP contribution in [0.2, 0.25) is 0 Å². The molecule has 0 saturated carbocycles. The minimum absolute atomic E-state index is 0.347. The number of aromatic nitrogens is 2. The molecular formula is C20H25F2N5. The molecule has 27 heavy (non-hydrogen) atoms. The molecule has 0 spiro atoms. The van der Waals surface area contributed by atoms with Gasteiger partial charge in [-0.1, -0.05) is 0 Å². The number of nitrogens with two attached hydrogens (primary N) is 1. The Morgan fingerprint density at radius 2 is 1.67 bits per heavy atom. The van der Waals surface area contributed by atoms with E-state index < -0.39 is 11.6 Å². The summed E-state index contributed by atoms with van der Waals surface area (Å²) < 4.78 is 26.6. The van der Waals surface area contributed by atoms with Gasteiger partial charge < -0.3 is 15.5 Å². The number of nitrogens with zero attached hydrogens (tertiary/aromatic N) is 4. The molecular weight excluding hydrogens is 348 g/mol. The number of hydrogen-bond acceptors (Lipinski definition) is 5. The van der Waals surface area contributed by atoms with E-state index >= 15 is 0 Å². The molecule has 4 rings (SSSR count). The van der Waals surface area contributed by atoms with E-state index in [1.807, 2.05) is 6.07 Å². The molecule has 0 amide bonds. The smallest absolute Gasteiger partial charge is 0.220 e. The monoisotopic (exact) mass is 373 g/mol. The van der Waals surface area contributed by atoms with Crippen molar-refractivity contribution in [3.63, 3.8) is 0 Å². The predicted octanol–water partition coefficient (Wildman–Crippen LogP) is 3.19. The summed E-state index contributed by atoms with van der Waals surface area (Å²) in [5.41, 5.74) is 7.53. The molecule has 1 aromatic carbocycles. The maximum Gasteiger partial charge on any atom is 0.220 e. The Kier molecular flexibility index (Phi) is 5.20. The summed E-state index contributed by atoms with van der Waals surface area (Å²) in [6.45, 7) is 3.87. The highest BCUT2D eigenvalue weighted by Crippen LogP contribution is 2.30. The first-order valence-corrected chi connectivity index (χ1v) is 9.62. The molecule has 2 fully saturated rings. The van der Waals surface area contributed by atoms with Crippen LogP contribution in [0.1, 0.15) is 37.3 Å². The molecule has 5 nitrogen and oxygen atoms in total. The van der Waals surface area contributed by atoms with Crippen molar-refractivity contribution >= 4 is 11.6 Å². The van der Waals surface area contributed by atoms with Crippen LogP contribution >= 0.6 is 0 Å². The van der Waals surface area contributed by atoms with Crippen molar-refractivity contribution in [3.05, 3.63) is 47.8 Å². The molecule has 2 aliphatic rings. The normalized spacial score (nSPS) is 20.1. The third-order valence-corrected chi connectivity index (χ3v) is 5.89. The topological polar surface area (TPSA) is 58.3 Å². The van der Waals surface area contributed by atoms with Crippen molar-refractivity contribution in [3.8, 4) is 0 Å². The lowest BCUT2D eigenvalue weighted by molar-refractivity contribution is 0.131. The third kappa shape index (κ3) is 4.03. The zero-order valence-electron chi connectivity index (χ0n) is 15.3. The molecule has 2 N–H and O–H groups in total. The molecule has 0 atom stereocenters. The highest BCUT2D eigenvalue weighted by molar-refractivity contribution is 5.47. The van der Waals surface area contributed by atoms with Crippen molar-refractivity contribution in [2.45, 2.75) is 37.6 Å². The van der Waals surface area contributed by atoms with E-state index in [2.05, 4.69) is 19.8 Å². The van der Waals surface area contributed by atoms with Gasteiger partial charge in [-0.3, -0.25) is 0 Å². The molecule has 2 saturated heterocycles. The fourth-order valence-corrected chi connectivity index (χ4v) is 4.35. The van der Waals surface area contributed by atoms with E-state index in [9.17, 15) is 8.78 Å². The SMILES string of the molecule is Nc1nccc(C2CCN(C3CCN(c4ccc(F)c(F)c4)CC3)CC2)n1. The van der Waals surface area contributed by atoms with Gasteiger partial charge in [-0.2, -0.15) is 0 Å². The summed E-state index contributed by atoms with van der Waals surface area (Å²) >= 11 is 0. The summed E-state index contributed by atoms with van der Waals surface area (Å²) in [5.74, 6) is -0.766. The molecule has 1 aromatic heterocycles. The summed E-state index contributed by atoms with van der Waals surface area (Å²) in [7, 11) is 0. The van der Waals surface area contributed by atoms with E-state index in [-0.39, 0.29) is 0 Å². The Morgan fingerprint density at radius 1 is 0.926 bits per heavy atom. The first-order chi connectivity index (χ1) is 13.1. The summed E-state index contributed by atoms with van der Waals surface area (Å²) in [4.78, 5) is 13.1. The van der Waals surface area contributed by atoms with Crippen molar-refractivity contribution in [2.24, 2.45) is 0 Å². The van der Waals surface area contributed by atoms with Crippen LogP contribution in [0.15, 0.2) is 30.5 Å². The molecule has 144 valence electrons. The van der Waals surface area contributed by atoms with Crippen LogP contribution < -0.4 is 10.6 Å². The van der Waals surface area contributed by atoms with Crippen molar-refractivity contribution in [1.82, 2.24) is 14.9 Å². The number of halogens is 2. The largest absolute Gasteiger partial charge is 0.371 e. The lowest BCUT2D eigenvalue weighted by Gasteiger charge is -2.42. The van der Waals surface area contributed by atoms with Gasteiger partial charge in [0.25, 0.3) is 0 Å². The first-order valence-electron chi connectivity index (χ1n) is 9.62. The zero-order valence-corrected chi connectivity index (χ0v) is 15.3. The van der Waals surface area contributed by atoms with Gasteiger partial charge in [-0.05, 0) is 57.0 Å². The average molecular weight is 373 g/mol. The average Bonchev–Trinajstić information content (AvgIpc) is 2.70. The second-order valence-corrected chi connectivity index (χ2v) is 7.47. The lowest BCUT2D eigenvalue weighted by Crippen LogP contribution is -2.47. The Balaban J connectivity index is 1.30. The molecule has 2 aliphatic heterocycles. The second kappa shape index (κ2) is 7.76. The highest BCUT2D eigenvalue weighted by atomic mass is 19.2. The summed E-state index contributed by atoms with van der Waals surface area (Å²) in [6.07, 6.45) is 5.99. The Hall–Kier alpha value is -2.28. The molecule has 0 unspecified atom stereocenters. The Bertz CT molecular complexity index is 784. The molecule has 2 aromatic rings. The van der Waals surface area contributed by atoms with E-state index in [4.69, 9.17) is 5.73 Å². The maximum atomic E-state index is 13.5. The third-order valence-electron chi connectivity index (χ3n) is 5.89. The molecule has 0 aliphatic carbocycles. The Labute approximate surface area is 158 Å². The van der Waals surface area contributed by atoms with Crippen molar-refractivity contribution < 1.29 is 8.78 Å². The minimum Gasteiger partial charge on any atom is -0.371 e. The summed E-state index contributed by atoms with van der Waals surface area (Å²) in [6, 6.07) is 6.70. The number of anilines is 2. The van der Waals surface area contributed by atoms with Crippen LogP contribution in [0, 0.1) is 11.6 Å². The fourth-order valence-electron chi connectivity index (χ4n) is 4.35. The lowest BCUT2D eigenvalue weighted by atomic mass is 9.91. The van der Waals surface area contributed by atoms with Gasteiger partial charge in [0.15, 0.2) is 11.6 Å². The zero-order chi connectivity index (χ0) is 18.8. The number of hydrogen-bond donors (Lipinski definition) is 1. The van der Waals surface area contributed by atoms with E-state index in [0.717, 1.165) is 63.2 Å². The van der Waals surface area contributed by atoms with Gasteiger partial charge in [0.1, 0.15) is 0 Å². The molecule has 0 bridgehead atoms. The van der Waals surface area contributed by atoms with Crippen LogP contribution in [-0.2, 0) is 0 Å². The van der Waals surface area contributed by atoms with Crippen LogP contribution in [-0.4, -0.2) is 47.1 Å². The number of likely N-dealkylation sites (tertiary alicyclic amines) is 1. The van der Waals surface area contributed by atoms with Crippen molar-refractivity contribution in [2.75, 3.05) is 36.8 Å². The van der Waals surface area contributed by atoms with E-state index in [0.29, 0.717) is 17.9 Å². The van der Waals surface area contributed by atoms with Crippen LogP contribution in [0.4, 0.5) is 20.4 Å². The van der Waals surface area contributed by atoms with Crippen molar-refractivity contribution in [1.29, 1.82) is 0 Å². The van der Waals surface area contributed by atoms with E-state index in [1.165, 1.54) is 12.1 Å². The number of piperidine rings is 2. The number of nitrogen functional groups attached to an aromatic ring is 1. The quantitative estimate of drug-likeness (QED) is 0.895. The van der Waals surface area contributed by atoms with Crippen LogP contribution in [0.5, 0.6) is 0 Å². The highest BCUT2D eigenvalue weighted by Gasteiger charge is 2.29. The number of benzene rings is 1. The van der Waals surface area contributed by atoms with Gasteiger partial charge >= 0.3 is 0 Å². The maximum absolute atomic E-state index is 13.5. The van der Waals surface area contributed by atoms with Crippen LogP contribution in [0.25, 0.3) is 0 Å². The van der Waals surface area contributed by atoms with Gasteiger partial charge in [0.05, 0.1) is 0 Å². The molecule has 0 radical (unpaired) electrons. The minimum atomic E-state index is -0.790. The predicted molar refractivity (Wildman–Crippen MR) is 102 cm³/mol. The first kappa shape index (κ1) is 18.1. The molecule has 7 heteroatoms. The summed E-state index contributed by atoms with van der Waals surface area (Å²) in [5, 5.41) is 0. The Morgan fingerprint density at radius 3 is 2.33 bits per heavy atom. The molecule has 3 heterocycles. The van der Waals surface area contributed by atoms with Gasteiger partial charge in [-0.25, -0.2) is 18.7 Å². The fraction of sp³-hybridized carbons (Fsp3) is 0.500. The van der Waals surface area contributed by atoms with Gasteiger partial charge in [-0.15, -0.1) is 0 Å². The van der Waals surface area contributed by atoms with Gasteiger partial charge in [0, 0.05) is 48.7 Å². The second-order valence-electron chi connectivity index (χ2n) is 7.47. The van der Waals surface area contributed by atoms with E-state index in [1.54, 1.807) is 12.3 Å². The number of rotatable bonds is 3. The van der Waals surface area contributed by atoms with Gasteiger partial charge in [0.2, 0.25) is 5.95 Å².